The van der Waals surface area contributed by atoms with Crippen molar-refractivity contribution >= 4 is 30.7 Å². The first-order chi connectivity index (χ1) is 7.38. The fourth-order valence-electron chi connectivity index (χ4n) is 2.10. The van der Waals surface area contributed by atoms with Crippen LogP contribution in [0, 0.1) is 5.41 Å². The molecule has 110 valence electrons. The molecule has 1 amide bonds. The van der Waals surface area contributed by atoms with Crippen LogP contribution in [0.15, 0.2) is 0 Å². The van der Waals surface area contributed by atoms with Crippen molar-refractivity contribution in [3.05, 3.63) is 0 Å². The van der Waals surface area contributed by atoms with Gasteiger partial charge in [0.2, 0.25) is 5.91 Å². The minimum absolute atomic E-state index is 0. The summed E-state index contributed by atoms with van der Waals surface area (Å²) >= 11 is 0. The average molecular weight is 300 g/mol. The number of piperidine rings is 1. The Bertz CT molecular complexity index is 252. The molecule has 1 saturated heterocycles. The van der Waals surface area contributed by atoms with E-state index in [1.54, 1.807) is 0 Å². The summed E-state index contributed by atoms with van der Waals surface area (Å²) in [5.74, 6) is 0.201. The van der Waals surface area contributed by atoms with Crippen LogP contribution < -0.4 is 5.73 Å². The molecular formula is C12H27Cl2N3O. The maximum Gasteiger partial charge on any atom is 0.229 e. The van der Waals surface area contributed by atoms with Crippen molar-refractivity contribution in [2.24, 2.45) is 11.1 Å². The number of carbonyl (C=O) groups is 1. The van der Waals surface area contributed by atoms with E-state index < -0.39 is 5.41 Å². The second kappa shape index (κ2) is 8.20. The molecule has 0 atom stereocenters. The number of hydrogen-bond acceptors (Lipinski definition) is 3. The summed E-state index contributed by atoms with van der Waals surface area (Å²) in [5, 5.41) is 0. The van der Waals surface area contributed by atoms with Gasteiger partial charge in [-0.05, 0) is 40.8 Å². The van der Waals surface area contributed by atoms with Crippen LogP contribution >= 0.6 is 24.8 Å². The molecule has 0 bridgehead atoms. The second-order valence-electron chi connectivity index (χ2n) is 5.57. The highest BCUT2D eigenvalue weighted by Gasteiger charge is 2.33. The van der Waals surface area contributed by atoms with E-state index >= 15 is 0 Å². The van der Waals surface area contributed by atoms with Gasteiger partial charge in [0.1, 0.15) is 0 Å². The third kappa shape index (κ3) is 4.92. The first kappa shape index (κ1) is 20.3. The molecule has 4 nitrogen and oxygen atoms in total. The van der Waals surface area contributed by atoms with Gasteiger partial charge in [-0.2, -0.15) is 0 Å². The lowest BCUT2D eigenvalue weighted by atomic mass is 9.90. The van der Waals surface area contributed by atoms with Crippen LogP contribution in [0.25, 0.3) is 0 Å². The molecule has 0 saturated carbocycles. The number of likely N-dealkylation sites (tertiary alicyclic amines) is 1. The third-order valence-corrected chi connectivity index (χ3v) is 3.57. The Balaban J connectivity index is 0. The lowest BCUT2D eigenvalue weighted by Crippen LogP contribution is -2.50. The monoisotopic (exact) mass is 299 g/mol. The van der Waals surface area contributed by atoms with Crippen molar-refractivity contribution in [1.82, 2.24) is 9.80 Å². The number of amides is 1. The molecule has 0 aliphatic carbocycles. The van der Waals surface area contributed by atoms with Crippen LogP contribution in [-0.2, 0) is 4.79 Å². The molecule has 0 aromatic rings. The average Bonchev–Trinajstić information content (AvgIpc) is 2.28. The van der Waals surface area contributed by atoms with Gasteiger partial charge < -0.3 is 15.5 Å². The lowest BCUT2D eigenvalue weighted by Gasteiger charge is -2.38. The maximum atomic E-state index is 12.2. The van der Waals surface area contributed by atoms with Gasteiger partial charge in [-0.15, -0.1) is 24.8 Å². The highest BCUT2D eigenvalue weighted by Crippen LogP contribution is 2.21. The van der Waals surface area contributed by atoms with Gasteiger partial charge in [-0.1, -0.05) is 0 Å². The molecule has 18 heavy (non-hydrogen) atoms. The van der Waals surface area contributed by atoms with Crippen LogP contribution in [0.3, 0.4) is 0 Å². The Morgan fingerprint density at radius 3 is 2.06 bits per heavy atom. The van der Waals surface area contributed by atoms with Crippen molar-refractivity contribution in [2.75, 3.05) is 33.7 Å². The molecule has 1 aliphatic heterocycles. The molecule has 1 heterocycles. The minimum Gasteiger partial charge on any atom is -0.342 e. The summed E-state index contributed by atoms with van der Waals surface area (Å²) in [7, 11) is 4.21. The van der Waals surface area contributed by atoms with Gasteiger partial charge in [0.15, 0.2) is 0 Å². The van der Waals surface area contributed by atoms with Crippen LogP contribution in [0.1, 0.15) is 26.7 Å². The summed E-state index contributed by atoms with van der Waals surface area (Å²) in [6, 6.07) is 0.616. The summed E-state index contributed by atoms with van der Waals surface area (Å²) in [6.45, 7) is 6.00. The Morgan fingerprint density at radius 1 is 1.28 bits per heavy atom. The predicted octanol–water partition coefficient (Wildman–Crippen LogP) is 1.37. The fourth-order valence-corrected chi connectivity index (χ4v) is 2.10. The first-order valence-electron chi connectivity index (χ1n) is 6.04. The summed E-state index contributed by atoms with van der Waals surface area (Å²) in [5.41, 5.74) is 5.22. The fraction of sp³-hybridized carbons (Fsp3) is 0.917. The van der Waals surface area contributed by atoms with Gasteiger partial charge in [0, 0.05) is 25.7 Å². The molecule has 6 heteroatoms. The Labute approximate surface area is 123 Å². The van der Waals surface area contributed by atoms with Crippen molar-refractivity contribution in [1.29, 1.82) is 0 Å². The molecular weight excluding hydrogens is 273 g/mol. The van der Waals surface area contributed by atoms with E-state index in [4.69, 9.17) is 5.73 Å². The quantitative estimate of drug-likeness (QED) is 0.856. The lowest BCUT2D eigenvalue weighted by molar-refractivity contribution is -0.141. The largest absolute Gasteiger partial charge is 0.342 e. The molecule has 0 aromatic carbocycles. The number of carbonyl (C=O) groups excluding carboxylic acids is 1. The highest BCUT2D eigenvalue weighted by atomic mass is 35.5. The predicted molar refractivity (Wildman–Crippen MR) is 80.6 cm³/mol. The van der Waals surface area contributed by atoms with E-state index in [9.17, 15) is 4.79 Å². The van der Waals surface area contributed by atoms with Gasteiger partial charge in [-0.3, -0.25) is 4.79 Å². The van der Waals surface area contributed by atoms with Crippen LogP contribution in [0.2, 0.25) is 0 Å². The van der Waals surface area contributed by atoms with Crippen molar-refractivity contribution in [3.63, 3.8) is 0 Å². The van der Waals surface area contributed by atoms with E-state index in [1.165, 1.54) is 0 Å². The smallest absolute Gasteiger partial charge is 0.229 e. The molecule has 0 spiro atoms. The zero-order valence-corrected chi connectivity index (χ0v) is 13.4. The van der Waals surface area contributed by atoms with Gasteiger partial charge in [0.05, 0.1) is 5.41 Å². The van der Waals surface area contributed by atoms with E-state index in [-0.39, 0.29) is 30.7 Å². The minimum atomic E-state index is -0.412. The highest BCUT2D eigenvalue weighted by molar-refractivity contribution is 5.85. The first-order valence-corrected chi connectivity index (χ1v) is 6.04. The van der Waals surface area contributed by atoms with E-state index in [0.717, 1.165) is 25.9 Å². The zero-order valence-electron chi connectivity index (χ0n) is 11.8. The van der Waals surface area contributed by atoms with E-state index in [2.05, 4.69) is 19.0 Å². The van der Waals surface area contributed by atoms with Crippen LogP contribution in [0.4, 0.5) is 0 Å². The SMILES string of the molecule is CN(C)C1CCN(C(=O)C(C)(C)CN)CC1.Cl.Cl. The molecule has 1 aliphatic rings. The van der Waals surface area contributed by atoms with E-state index in [0.29, 0.717) is 12.6 Å². The second-order valence-corrected chi connectivity index (χ2v) is 5.57. The maximum absolute atomic E-state index is 12.2. The molecule has 2 N–H and O–H groups in total. The molecule has 0 radical (unpaired) electrons. The standard InChI is InChI=1S/C12H25N3O.2ClH/c1-12(2,9-13)11(16)15-7-5-10(6-8-15)14(3)4;;/h10H,5-9,13H2,1-4H3;2*1H. The summed E-state index contributed by atoms with van der Waals surface area (Å²) < 4.78 is 0. The van der Waals surface area contributed by atoms with Gasteiger partial charge in [-0.25, -0.2) is 0 Å². The number of rotatable bonds is 3. The number of hydrogen-bond donors (Lipinski definition) is 1. The molecule has 1 fully saturated rings. The summed E-state index contributed by atoms with van der Waals surface area (Å²) in [4.78, 5) is 16.4. The Kier molecular flexibility index (Phi) is 9.25. The van der Waals surface area contributed by atoms with E-state index in [1.807, 2.05) is 18.7 Å². The molecule has 0 aromatic heterocycles. The molecule has 0 unspecified atom stereocenters. The Hall–Kier alpha value is -0.0300. The summed E-state index contributed by atoms with van der Waals surface area (Å²) in [6.07, 6.45) is 2.14. The topological polar surface area (TPSA) is 49.6 Å². The van der Waals surface area contributed by atoms with Crippen LogP contribution in [0.5, 0.6) is 0 Å². The van der Waals surface area contributed by atoms with Crippen molar-refractivity contribution < 1.29 is 4.79 Å². The molecule has 1 rings (SSSR count). The van der Waals surface area contributed by atoms with Crippen LogP contribution in [-0.4, -0.2) is 55.5 Å². The number of nitrogens with zero attached hydrogens (tertiary/aromatic N) is 2. The van der Waals surface area contributed by atoms with Gasteiger partial charge in [0.25, 0.3) is 0 Å². The number of halogens is 2. The van der Waals surface area contributed by atoms with Gasteiger partial charge >= 0.3 is 0 Å². The number of nitrogens with two attached hydrogens (primary N) is 1. The normalized spacial score (nSPS) is 17.1. The zero-order chi connectivity index (χ0) is 12.3. The van der Waals surface area contributed by atoms with Crippen molar-refractivity contribution in [2.45, 2.75) is 32.7 Å². The third-order valence-electron chi connectivity index (χ3n) is 3.57. The van der Waals surface area contributed by atoms with Crippen molar-refractivity contribution in [3.8, 4) is 0 Å². The Morgan fingerprint density at radius 2 is 1.72 bits per heavy atom.